The minimum Gasteiger partial charge on any atom is -0.345 e. The summed E-state index contributed by atoms with van der Waals surface area (Å²) in [5.41, 5.74) is 0.793. The topological polar surface area (TPSA) is 72.2 Å². The van der Waals surface area contributed by atoms with Crippen molar-refractivity contribution in [2.75, 3.05) is 6.26 Å². The molecule has 2 aromatic carbocycles. The predicted molar refractivity (Wildman–Crippen MR) is 94.9 cm³/mol. The number of nitrogens with one attached hydrogen (secondary N) is 1. The predicted octanol–water partition coefficient (Wildman–Crippen LogP) is 4.57. The molecule has 1 atom stereocenters. The molecule has 1 N–H and O–H groups in total. The van der Waals surface area contributed by atoms with Crippen LogP contribution in [0.15, 0.2) is 51.8 Å². The molecule has 0 aliphatic carbocycles. The number of halogens is 1. The SMILES string of the molecule is CSc1ccc([N+](=O)[O-])c(C(=O)NC(C)c2cccc(Br)c2)c1. The smallest absolute Gasteiger partial charge is 0.282 e. The quantitative estimate of drug-likeness (QED) is 0.457. The van der Waals surface area contributed by atoms with Gasteiger partial charge in [0.1, 0.15) is 5.56 Å². The van der Waals surface area contributed by atoms with Gasteiger partial charge in [0, 0.05) is 15.4 Å². The molecule has 0 aliphatic heterocycles. The molecule has 0 saturated carbocycles. The van der Waals surface area contributed by atoms with Crippen LogP contribution in [0.5, 0.6) is 0 Å². The fourth-order valence-corrected chi connectivity index (χ4v) is 2.97. The van der Waals surface area contributed by atoms with Gasteiger partial charge in [-0.25, -0.2) is 0 Å². The van der Waals surface area contributed by atoms with E-state index < -0.39 is 10.8 Å². The number of benzene rings is 2. The van der Waals surface area contributed by atoms with Crippen LogP contribution in [0.2, 0.25) is 0 Å². The van der Waals surface area contributed by atoms with Crippen molar-refractivity contribution in [3.63, 3.8) is 0 Å². The van der Waals surface area contributed by atoms with E-state index in [-0.39, 0.29) is 17.3 Å². The van der Waals surface area contributed by atoms with Gasteiger partial charge in [0.25, 0.3) is 11.6 Å². The lowest BCUT2D eigenvalue weighted by Crippen LogP contribution is -2.27. The number of carbonyl (C=O) groups excluding carboxylic acids is 1. The van der Waals surface area contributed by atoms with Gasteiger partial charge in [0.15, 0.2) is 0 Å². The molecular weight excluding hydrogens is 380 g/mol. The van der Waals surface area contributed by atoms with E-state index in [4.69, 9.17) is 0 Å². The molecular formula is C16H15BrN2O3S. The largest absolute Gasteiger partial charge is 0.345 e. The second kappa shape index (κ2) is 7.61. The van der Waals surface area contributed by atoms with Crippen LogP contribution in [0.4, 0.5) is 5.69 Å². The van der Waals surface area contributed by atoms with Gasteiger partial charge in [-0.2, -0.15) is 0 Å². The number of rotatable bonds is 5. The second-order valence-corrected chi connectivity index (χ2v) is 6.69. The molecule has 2 rings (SSSR count). The zero-order valence-electron chi connectivity index (χ0n) is 12.6. The number of carbonyl (C=O) groups is 1. The zero-order chi connectivity index (χ0) is 17.0. The summed E-state index contributed by atoms with van der Waals surface area (Å²) in [5, 5.41) is 14.0. The number of hydrogen-bond donors (Lipinski definition) is 1. The molecule has 23 heavy (non-hydrogen) atoms. The van der Waals surface area contributed by atoms with Gasteiger partial charge in [0.05, 0.1) is 11.0 Å². The lowest BCUT2D eigenvalue weighted by molar-refractivity contribution is -0.385. The fraction of sp³-hybridized carbons (Fsp3) is 0.188. The number of nitro groups is 1. The molecule has 0 spiro atoms. The molecule has 0 aliphatic rings. The molecule has 0 saturated heterocycles. The van der Waals surface area contributed by atoms with E-state index in [1.807, 2.05) is 37.4 Å². The van der Waals surface area contributed by atoms with E-state index >= 15 is 0 Å². The van der Waals surface area contributed by atoms with Crippen molar-refractivity contribution < 1.29 is 9.72 Å². The van der Waals surface area contributed by atoms with Gasteiger partial charge < -0.3 is 5.32 Å². The first kappa shape index (κ1) is 17.5. The van der Waals surface area contributed by atoms with E-state index in [2.05, 4.69) is 21.2 Å². The molecule has 0 aromatic heterocycles. The lowest BCUT2D eigenvalue weighted by atomic mass is 10.1. The van der Waals surface area contributed by atoms with E-state index in [0.29, 0.717) is 0 Å². The zero-order valence-corrected chi connectivity index (χ0v) is 15.0. The van der Waals surface area contributed by atoms with Crippen LogP contribution in [0.25, 0.3) is 0 Å². The summed E-state index contributed by atoms with van der Waals surface area (Å²) in [5.74, 6) is -0.458. The number of amides is 1. The maximum atomic E-state index is 12.5. The molecule has 120 valence electrons. The van der Waals surface area contributed by atoms with Crippen LogP contribution in [-0.4, -0.2) is 17.1 Å². The van der Waals surface area contributed by atoms with Crippen LogP contribution in [0.1, 0.15) is 28.9 Å². The van der Waals surface area contributed by atoms with Crippen molar-refractivity contribution in [1.29, 1.82) is 0 Å². The Balaban J connectivity index is 2.28. The van der Waals surface area contributed by atoms with Crippen molar-refractivity contribution in [3.05, 3.63) is 68.2 Å². The summed E-state index contributed by atoms with van der Waals surface area (Å²) >= 11 is 4.82. The van der Waals surface area contributed by atoms with Crippen molar-refractivity contribution in [3.8, 4) is 0 Å². The van der Waals surface area contributed by atoms with Gasteiger partial charge in [0.2, 0.25) is 0 Å². The number of nitrogens with zero attached hydrogens (tertiary/aromatic N) is 1. The lowest BCUT2D eigenvalue weighted by Gasteiger charge is -2.15. The maximum Gasteiger partial charge on any atom is 0.282 e. The summed E-state index contributed by atoms with van der Waals surface area (Å²) in [6, 6.07) is 11.8. The van der Waals surface area contributed by atoms with Crippen LogP contribution < -0.4 is 5.32 Å². The highest BCUT2D eigenvalue weighted by Gasteiger charge is 2.22. The maximum absolute atomic E-state index is 12.5. The summed E-state index contributed by atoms with van der Waals surface area (Å²) in [4.78, 5) is 23.9. The van der Waals surface area contributed by atoms with Crippen LogP contribution >= 0.6 is 27.7 Å². The van der Waals surface area contributed by atoms with E-state index in [0.717, 1.165) is 14.9 Å². The molecule has 0 radical (unpaired) electrons. The van der Waals surface area contributed by atoms with Gasteiger partial charge in [-0.05, 0) is 43.0 Å². The Bertz CT molecular complexity index is 752. The first-order chi connectivity index (χ1) is 10.9. The highest BCUT2D eigenvalue weighted by atomic mass is 79.9. The second-order valence-electron chi connectivity index (χ2n) is 4.89. The van der Waals surface area contributed by atoms with Gasteiger partial charge in [-0.3, -0.25) is 14.9 Å². The van der Waals surface area contributed by atoms with Crippen molar-refractivity contribution in [2.24, 2.45) is 0 Å². The molecule has 1 unspecified atom stereocenters. The Labute approximate surface area is 146 Å². The average molecular weight is 395 g/mol. The summed E-state index contributed by atoms with van der Waals surface area (Å²) in [7, 11) is 0. The van der Waals surface area contributed by atoms with E-state index in [1.54, 1.807) is 12.1 Å². The highest BCUT2D eigenvalue weighted by Crippen LogP contribution is 2.26. The molecule has 0 fully saturated rings. The van der Waals surface area contributed by atoms with Crippen molar-refractivity contribution >= 4 is 39.3 Å². The summed E-state index contributed by atoms with van der Waals surface area (Å²) < 4.78 is 0.909. The van der Waals surface area contributed by atoms with Crippen molar-refractivity contribution in [1.82, 2.24) is 5.32 Å². The Kier molecular flexibility index (Phi) is 5.79. The highest BCUT2D eigenvalue weighted by molar-refractivity contribution is 9.10. The molecule has 2 aromatic rings. The van der Waals surface area contributed by atoms with Crippen LogP contribution in [0.3, 0.4) is 0 Å². The Morgan fingerprint density at radius 2 is 2.04 bits per heavy atom. The molecule has 5 nitrogen and oxygen atoms in total. The van der Waals surface area contributed by atoms with Crippen LogP contribution in [-0.2, 0) is 0 Å². The first-order valence-corrected chi connectivity index (χ1v) is 8.83. The van der Waals surface area contributed by atoms with Gasteiger partial charge >= 0.3 is 0 Å². The van der Waals surface area contributed by atoms with E-state index in [9.17, 15) is 14.9 Å². The molecule has 7 heteroatoms. The third-order valence-corrected chi connectivity index (χ3v) is 4.56. The van der Waals surface area contributed by atoms with Gasteiger partial charge in [-0.15, -0.1) is 11.8 Å². The number of thioether (sulfide) groups is 1. The molecule has 0 bridgehead atoms. The normalized spacial score (nSPS) is 11.8. The first-order valence-electron chi connectivity index (χ1n) is 6.81. The fourth-order valence-electron chi connectivity index (χ4n) is 2.12. The third-order valence-electron chi connectivity index (χ3n) is 3.34. The minimum atomic E-state index is -0.539. The Hall–Kier alpha value is -1.86. The third kappa shape index (κ3) is 4.33. The average Bonchev–Trinajstić information content (AvgIpc) is 2.54. The Morgan fingerprint density at radius 1 is 1.30 bits per heavy atom. The number of hydrogen-bond acceptors (Lipinski definition) is 4. The van der Waals surface area contributed by atoms with Gasteiger partial charge in [-0.1, -0.05) is 28.1 Å². The monoisotopic (exact) mass is 394 g/mol. The molecule has 0 heterocycles. The minimum absolute atomic E-state index is 0.0729. The van der Waals surface area contributed by atoms with E-state index in [1.165, 1.54) is 17.8 Å². The number of nitro benzene ring substituents is 1. The standard InChI is InChI=1S/C16H15BrN2O3S/c1-10(11-4-3-5-12(17)8-11)18-16(20)14-9-13(23-2)6-7-15(14)19(21)22/h3-10H,1-2H3,(H,18,20). The summed E-state index contributed by atoms with van der Waals surface area (Å²) in [6.45, 7) is 1.84. The molecule has 1 amide bonds. The summed E-state index contributed by atoms with van der Waals surface area (Å²) in [6.07, 6.45) is 1.85. The van der Waals surface area contributed by atoms with Crippen LogP contribution in [0, 0.1) is 10.1 Å². The van der Waals surface area contributed by atoms with Crippen molar-refractivity contribution in [2.45, 2.75) is 17.9 Å². The Morgan fingerprint density at radius 3 is 2.65 bits per heavy atom.